The summed E-state index contributed by atoms with van der Waals surface area (Å²) in [4.78, 5) is 11.2. The summed E-state index contributed by atoms with van der Waals surface area (Å²) in [5.74, 6) is 0. The van der Waals surface area contributed by atoms with Crippen LogP contribution in [0.3, 0.4) is 0 Å². The second-order valence-electron chi connectivity index (χ2n) is 6.92. The number of rotatable bonds is 7. The zero-order valence-electron chi connectivity index (χ0n) is 15.5. The van der Waals surface area contributed by atoms with Gasteiger partial charge in [0, 0.05) is 5.69 Å². The molecule has 4 nitrogen and oxygen atoms in total. The second-order valence-corrected chi connectivity index (χ2v) is 12.4. The number of anilines is 1. The molecule has 1 rings (SSSR count). The van der Waals surface area contributed by atoms with Crippen LogP contribution in [-0.4, -0.2) is 21.5 Å². The summed E-state index contributed by atoms with van der Waals surface area (Å²) in [5.41, 5.74) is 3.56. The third-order valence-corrected chi connectivity index (χ3v) is 10.6. The fourth-order valence-electron chi connectivity index (χ4n) is 3.56. The van der Waals surface area contributed by atoms with Gasteiger partial charge < -0.3 is 9.16 Å². The maximum atomic E-state index is 11.2. The average molecular weight is 338 g/mol. The molecule has 0 bridgehead atoms. The van der Waals surface area contributed by atoms with Gasteiger partial charge in [0.2, 0.25) is 8.32 Å². The van der Waals surface area contributed by atoms with Crippen LogP contribution in [0, 0.1) is 0 Å². The molecule has 0 radical (unpaired) electrons. The van der Waals surface area contributed by atoms with E-state index in [1.165, 1.54) is 7.11 Å². The number of carbonyl (C=O) groups is 1. The van der Waals surface area contributed by atoms with E-state index in [2.05, 4.69) is 51.6 Å². The first-order chi connectivity index (χ1) is 10.7. The van der Waals surface area contributed by atoms with Gasteiger partial charge in [-0.1, -0.05) is 53.7 Å². The Bertz CT molecular complexity index is 476. The Morgan fingerprint density at radius 1 is 1.00 bits per heavy atom. The van der Waals surface area contributed by atoms with E-state index in [1.807, 2.05) is 24.3 Å². The van der Waals surface area contributed by atoms with Gasteiger partial charge in [-0.15, -0.1) is 0 Å². The lowest BCUT2D eigenvalue weighted by atomic mass is 10.2. The fraction of sp³-hybridized carbons (Fsp3) is 0.611. The van der Waals surface area contributed by atoms with Crippen molar-refractivity contribution in [2.24, 2.45) is 0 Å². The third-order valence-electron chi connectivity index (χ3n) is 4.58. The Kier molecular flexibility index (Phi) is 7.29. The number of carbonyl (C=O) groups excluding carboxylic acids is 1. The first kappa shape index (κ1) is 19.7. The molecule has 0 saturated heterocycles. The number of methoxy groups -OCH3 is 1. The van der Waals surface area contributed by atoms with E-state index in [9.17, 15) is 4.79 Å². The van der Waals surface area contributed by atoms with Crippen molar-refractivity contribution < 1.29 is 14.0 Å². The maximum Gasteiger partial charge on any atom is 0.411 e. The number of nitrogens with one attached hydrogen (secondary N) is 1. The van der Waals surface area contributed by atoms with E-state index in [-0.39, 0.29) is 0 Å². The molecule has 0 saturated carbocycles. The molecule has 0 spiro atoms. The lowest BCUT2D eigenvalue weighted by molar-refractivity contribution is 0.187. The van der Waals surface area contributed by atoms with Gasteiger partial charge >= 0.3 is 6.09 Å². The van der Waals surface area contributed by atoms with E-state index in [4.69, 9.17) is 4.43 Å². The summed E-state index contributed by atoms with van der Waals surface area (Å²) in [6.07, 6.45) is -0.458. The highest BCUT2D eigenvalue weighted by molar-refractivity contribution is 6.77. The van der Waals surface area contributed by atoms with Crippen molar-refractivity contribution >= 4 is 20.1 Å². The van der Waals surface area contributed by atoms with Crippen molar-refractivity contribution in [1.29, 1.82) is 0 Å². The summed E-state index contributed by atoms with van der Waals surface area (Å²) in [6, 6.07) is 7.73. The molecule has 0 aliphatic rings. The molecule has 0 atom stereocenters. The molecule has 23 heavy (non-hydrogen) atoms. The average Bonchev–Trinajstić information content (AvgIpc) is 2.48. The molecule has 0 aromatic heterocycles. The van der Waals surface area contributed by atoms with Crippen LogP contribution < -0.4 is 5.32 Å². The molecule has 0 aliphatic carbocycles. The summed E-state index contributed by atoms with van der Waals surface area (Å²) >= 11 is 0. The Balaban J connectivity index is 2.80. The maximum absolute atomic E-state index is 11.2. The van der Waals surface area contributed by atoms with E-state index in [0.717, 1.165) is 11.3 Å². The van der Waals surface area contributed by atoms with Crippen LogP contribution in [0.1, 0.15) is 47.1 Å². The minimum Gasteiger partial charge on any atom is -0.453 e. The molecule has 0 fully saturated rings. The van der Waals surface area contributed by atoms with E-state index in [1.54, 1.807) is 0 Å². The topological polar surface area (TPSA) is 47.6 Å². The van der Waals surface area contributed by atoms with Crippen molar-refractivity contribution in [3.05, 3.63) is 29.8 Å². The van der Waals surface area contributed by atoms with Gasteiger partial charge in [-0.05, 0) is 34.3 Å². The van der Waals surface area contributed by atoms with Crippen LogP contribution in [-0.2, 0) is 15.8 Å². The molecule has 0 heterocycles. The highest BCUT2D eigenvalue weighted by Gasteiger charge is 2.44. The Labute approximate surface area is 141 Å². The SMILES string of the molecule is COC(=O)Nc1ccc(CO[Si](C(C)C)(C(C)C)C(C)C)cc1. The van der Waals surface area contributed by atoms with E-state index < -0.39 is 14.4 Å². The molecule has 130 valence electrons. The van der Waals surface area contributed by atoms with Gasteiger partial charge in [0.15, 0.2) is 0 Å². The predicted molar refractivity (Wildman–Crippen MR) is 98.3 cm³/mol. The first-order valence-electron chi connectivity index (χ1n) is 8.31. The van der Waals surface area contributed by atoms with Crippen molar-refractivity contribution in [3.63, 3.8) is 0 Å². The lowest BCUT2D eigenvalue weighted by Gasteiger charge is -2.42. The van der Waals surface area contributed by atoms with Crippen LogP contribution >= 0.6 is 0 Å². The monoisotopic (exact) mass is 337 g/mol. The van der Waals surface area contributed by atoms with Gasteiger partial charge in [0.1, 0.15) is 0 Å². The van der Waals surface area contributed by atoms with Gasteiger partial charge in [0.25, 0.3) is 0 Å². The predicted octanol–water partition coefficient (Wildman–Crippen LogP) is 5.56. The second kappa shape index (κ2) is 8.50. The van der Waals surface area contributed by atoms with Crippen LogP contribution in [0.25, 0.3) is 0 Å². The molecule has 1 aromatic rings. The van der Waals surface area contributed by atoms with Crippen molar-refractivity contribution in [2.45, 2.75) is 64.8 Å². The molecule has 0 unspecified atom stereocenters. The van der Waals surface area contributed by atoms with Crippen LogP contribution in [0.4, 0.5) is 10.5 Å². The van der Waals surface area contributed by atoms with Gasteiger partial charge in [-0.3, -0.25) is 5.32 Å². The standard InChI is InChI=1S/C18H31NO3Si/c1-13(2)23(14(3)4,15(5)6)22-12-16-8-10-17(11-9-16)19-18(20)21-7/h8-11,13-15H,12H2,1-7H3,(H,19,20). The minimum atomic E-state index is -1.85. The molecule has 1 N–H and O–H groups in total. The highest BCUT2D eigenvalue weighted by Crippen LogP contribution is 2.42. The van der Waals surface area contributed by atoms with Crippen molar-refractivity contribution in [1.82, 2.24) is 0 Å². The van der Waals surface area contributed by atoms with Gasteiger partial charge in [-0.25, -0.2) is 4.79 Å². The highest BCUT2D eigenvalue weighted by atomic mass is 28.4. The van der Waals surface area contributed by atoms with Crippen LogP contribution in [0.5, 0.6) is 0 Å². The molecule has 1 aromatic carbocycles. The summed E-state index contributed by atoms with van der Waals surface area (Å²) in [5, 5.41) is 2.65. The fourth-order valence-corrected chi connectivity index (χ4v) is 8.98. The molecule has 5 heteroatoms. The molecule has 0 aliphatic heterocycles. The van der Waals surface area contributed by atoms with Gasteiger partial charge in [0.05, 0.1) is 13.7 Å². The number of hydrogen-bond acceptors (Lipinski definition) is 3. The number of ether oxygens (including phenoxy) is 1. The summed E-state index contributed by atoms with van der Waals surface area (Å²) < 4.78 is 11.2. The Morgan fingerprint density at radius 3 is 1.87 bits per heavy atom. The smallest absolute Gasteiger partial charge is 0.411 e. The molecular formula is C18H31NO3Si. The summed E-state index contributed by atoms with van der Waals surface area (Å²) in [7, 11) is -0.493. The van der Waals surface area contributed by atoms with Crippen LogP contribution in [0.2, 0.25) is 16.6 Å². The quantitative estimate of drug-likeness (QED) is 0.663. The van der Waals surface area contributed by atoms with Crippen molar-refractivity contribution in [3.8, 4) is 0 Å². The molecular weight excluding hydrogens is 306 g/mol. The van der Waals surface area contributed by atoms with Crippen LogP contribution in [0.15, 0.2) is 24.3 Å². The Morgan fingerprint density at radius 2 is 1.48 bits per heavy atom. The minimum absolute atomic E-state index is 0.458. The number of hydrogen-bond donors (Lipinski definition) is 1. The largest absolute Gasteiger partial charge is 0.453 e. The number of amides is 1. The third kappa shape index (κ3) is 4.82. The zero-order valence-corrected chi connectivity index (χ0v) is 16.5. The normalized spacial score (nSPS) is 12.1. The lowest BCUT2D eigenvalue weighted by Crippen LogP contribution is -2.47. The summed E-state index contributed by atoms with van der Waals surface area (Å²) in [6.45, 7) is 14.3. The zero-order chi connectivity index (χ0) is 17.6. The first-order valence-corrected chi connectivity index (χ1v) is 10.5. The van der Waals surface area contributed by atoms with E-state index >= 15 is 0 Å². The Hall–Kier alpha value is -1.33. The molecule has 1 amide bonds. The van der Waals surface area contributed by atoms with Crippen molar-refractivity contribution in [2.75, 3.05) is 12.4 Å². The van der Waals surface area contributed by atoms with Gasteiger partial charge in [-0.2, -0.15) is 0 Å². The number of benzene rings is 1. The van der Waals surface area contributed by atoms with E-state index in [0.29, 0.717) is 23.2 Å².